The summed E-state index contributed by atoms with van der Waals surface area (Å²) in [6, 6.07) is 16.8. The number of halogens is 1. The summed E-state index contributed by atoms with van der Waals surface area (Å²) in [5, 5.41) is 7.76. The number of carbonyl (C=O) groups is 1. The van der Waals surface area contributed by atoms with E-state index in [2.05, 4.69) is 15.8 Å². The summed E-state index contributed by atoms with van der Waals surface area (Å²) in [5.74, 6) is -0.202. The molecule has 0 saturated heterocycles. The van der Waals surface area contributed by atoms with Crippen LogP contribution >= 0.6 is 11.6 Å². The van der Waals surface area contributed by atoms with Crippen LogP contribution in [-0.4, -0.2) is 18.2 Å². The van der Waals surface area contributed by atoms with Crippen LogP contribution in [0.3, 0.4) is 0 Å². The number of amides is 1. The van der Waals surface area contributed by atoms with E-state index in [0.717, 1.165) is 17.0 Å². The standard InChI is InChI=1S/C16H16ClN3O/c1-12(13-7-9-14(17)10-8-13)19-20-16(21)11-18-15-5-3-2-4-6-15/h2-10,18H,11H2,1H3,(H,20,21). The number of nitrogens with zero attached hydrogens (tertiary/aromatic N) is 1. The van der Waals surface area contributed by atoms with E-state index in [0.29, 0.717) is 5.02 Å². The molecule has 1 amide bonds. The van der Waals surface area contributed by atoms with Crippen LogP contribution in [0.1, 0.15) is 12.5 Å². The maximum absolute atomic E-state index is 11.7. The van der Waals surface area contributed by atoms with Crippen molar-refractivity contribution in [1.82, 2.24) is 5.43 Å². The Bertz CT molecular complexity index is 624. The van der Waals surface area contributed by atoms with Gasteiger partial charge >= 0.3 is 0 Å². The Morgan fingerprint density at radius 2 is 1.76 bits per heavy atom. The highest BCUT2D eigenvalue weighted by molar-refractivity contribution is 6.30. The zero-order valence-electron chi connectivity index (χ0n) is 11.6. The number of benzene rings is 2. The molecule has 0 aliphatic rings. The number of carbonyl (C=O) groups excluding carboxylic acids is 1. The minimum absolute atomic E-state index is 0.168. The summed E-state index contributed by atoms with van der Waals surface area (Å²) < 4.78 is 0. The summed E-state index contributed by atoms with van der Waals surface area (Å²) in [5.41, 5.74) is 5.05. The molecule has 0 bridgehead atoms. The van der Waals surface area contributed by atoms with E-state index < -0.39 is 0 Å². The highest BCUT2D eigenvalue weighted by Crippen LogP contribution is 2.10. The molecule has 5 heteroatoms. The summed E-state index contributed by atoms with van der Waals surface area (Å²) in [6.07, 6.45) is 0. The third kappa shape index (κ3) is 4.93. The van der Waals surface area contributed by atoms with Crippen LogP contribution in [0.5, 0.6) is 0 Å². The summed E-state index contributed by atoms with van der Waals surface area (Å²) in [6.45, 7) is 2.00. The number of rotatable bonds is 5. The van der Waals surface area contributed by atoms with Gasteiger partial charge in [0.25, 0.3) is 5.91 Å². The average molecular weight is 302 g/mol. The predicted molar refractivity (Wildman–Crippen MR) is 86.7 cm³/mol. The van der Waals surface area contributed by atoms with E-state index in [1.807, 2.05) is 49.4 Å². The molecule has 0 saturated carbocycles. The lowest BCUT2D eigenvalue weighted by molar-refractivity contribution is -0.119. The third-order valence-corrected chi connectivity index (χ3v) is 3.09. The molecule has 0 aliphatic heterocycles. The van der Waals surface area contributed by atoms with Crippen molar-refractivity contribution in [3.63, 3.8) is 0 Å². The first-order valence-electron chi connectivity index (χ1n) is 6.53. The van der Waals surface area contributed by atoms with E-state index in [1.165, 1.54) is 0 Å². The lowest BCUT2D eigenvalue weighted by Crippen LogP contribution is -2.26. The van der Waals surface area contributed by atoms with Crippen molar-refractivity contribution >= 4 is 28.9 Å². The maximum Gasteiger partial charge on any atom is 0.259 e. The number of anilines is 1. The molecule has 2 aromatic rings. The van der Waals surface area contributed by atoms with E-state index in [-0.39, 0.29) is 12.5 Å². The smallest absolute Gasteiger partial charge is 0.259 e. The molecule has 4 nitrogen and oxygen atoms in total. The van der Waals surface area contributed by atoms with E-state index >= 15 is 0 Å². The first-order valence-corrected chi connectivity index (χ1v) is 6.91. The van der Waals surface area contributed by atoms with Crippen molar-refractivity contribution in [3.8, 4) is 0 Å². The number of hydrazone groups is 1. The van der Waals surface area contributed by atoms with Gasteiger partial charge in [0.2, 0.25) is 0 Å². The molecule has 2 aromatic carbocycles. The molecule has 0 spiro atoms. The lowest BCUT2D eigenvalue weighted by Gasteiger charge is -2.06. The normalized spacial score (nSPS) is 11.0. The van der Waals surface area contributed by atoms with Crippen LogP contribution in [0, 0.1) is 0 Å². The Hall–Kier alpha value is -2.33. The molecule has 0 aliphatic carbocycles. The Balaban J connectivity index is 1.85. The molecule has 2 N–H and O–H groups in total. The Kier molecular flexibility index (Phi) is 5.35. The van der Waals surface area contributed by atoms with Crippen LogP contribution in [0.2, 0.25) is 5.02 Å². The summed E-state index contributed by atoms with van der Waals surface area (Å²) >= 11 is 5.83. The molecule has 0 radical (unpaired) electrons. The molecule has 0 fully saturated rings. The second-order valence-corrected chi connectivity index (χ2v) is 4.90. The van der Waals surface area contributed by atoms with Crippen LogP contribution in [0.25, 0.3) is 0 Å². The maximum atomic E-state index is 11.7. The van der Waals surface area contributed by atoms with Crippen LogP contribution in [-0.2, 0) is 4.79 Å². The fraction of sp³-hybridized carbons (Fsp3) is 0.125. The zero-order valence-corrected chi connectivity index (χ0v) is 12.4. The quantitative estimate of drug-likeness (QED) is 0.658. The second kappa shape index (κ2) is 7.45. The number of hydrogen-bond acceptors (Lipinski definition) is 3. The largest absolute Gasteiger partial charge is 0.376 e. The minimum atomic E-state index is -0.202. The predicted octanol–water partition coefficient (Wildman–Crippen LogP) is 3.29. The molecular weight excluding hydrogens is 286 g/mol. The summed E-state index contributed by atoms with van der Waals surface area (Å²) in [7, 11) is 0. The van der Waals surface area contributed by atoms with Crippen molar-refractivity contribution in [2.45, 2.75) is 6.92 Å². The average Bonchev–Trinajstić information content (AvgIpc) is 2.52. The van der Waals surface area contributed by atoms with Gasteiger partial charge in [-0.3, -0.25) is 4.79 Å². The van der Waals surface area contributed by atoms with Crippen molar-refractivity contribution in [3.05, 3.63) is 65.2 Å². The molecule has 0 heterocycles. The van der Waals surface area contributed by atoms with Crippen molar-refractivity contribution in [2.75, 3.05) is 11.9 Å². The van der Waals surface area contributed by atoms with Gasteiger partial charge in [0.1, 0.15) is 0 Å². The monoisotopic (exact) mass is 301 g/mol. The summed E-state index contributed by atoms with van der Waals surface area (Å²) in [4.78, 5) is 11.7. The first-order chi connectivity index (χ1) is 10.1. The van der Waals surface area contributed by atoms with Crippen LogP contribution in [0.15, 0.2) is 59.7 Å². The Morgan fingerprint density at radius 3 is 2.43 bits per heavy atom. The highest BCUT2D eigenvalue weighted by Gasteiger charge is 2.01. The topological polar surface area (TPSA) is 53.5 Å². The number of para-hydroxylation sites is 1. The van der Waals surface area contributed by atoms with Gasteiger partial charge in [0.15, 0.2) is 0 Å². The van der Waals surface area contributed by atoms with Crippen LogP contribution in [0.4, 0.5) is 5.69 Å². The minimum Gasteiger partial charge on any atom is -0.376 e. The van der Waals surface area contributed by atoms with Gasteiger partial charge in [-0.25, -0.2) is 5.43 Å². The van der Waals surface area contributed by atoms with Crippen molar-refractivity contribution in [2.24, 2.45) is 5.10 Å². The lowest BCUT2D eigenvalue weighted by atomic mass is 10.1. The molecule has 0 unspecified atom stereocenters. The fourth-order valence-electron chi connectivity index (χ4n) is 1.68. The van der Waals surface area contributed by atoms with Crippen molar-refractivity contribution in [1.29, 1.82) is 0 Å². The van der Waals surface area contributed by atoms with Gasteiger partial charge in [-0.05, 0) is 36.8 Å². The number of hydrogen-bond donors (Lipinski definition) is 2. The van der Waals surface area contributed by atoms with E-state index in [9.17, 15) is 4.79 Å². The molecular formula is C16H16ClN3O. The van der Waals surface area contributed by atoms with Gasteiger partial charge < -0.3 is 5.32 Å². The van der Waals surface area contributed by atoms with Gasteiger partial charge in [-0.1, -0.05) is 41.9 Å². The van der Waals surface area contributed by atoms with E-state index in [4.69, 9.17) is 11.6 Å². The zero-order chi connectivity index (χ0) is 15.1. The third-order valence-electron chi connectivity index (χ3n) is 2.84. The molecule has 108 valence electrons. The fourth-order valence-corrected chi connectivity index (χ4v) is 1.81. The number of nitrogens with one attached hydrogen (secondary N) is 2. The molecule has 0 aromatic heterocycles. The Labute approximate surface area is 128 Å². The highest BCUT2D eigenvalue weighted by atomic mass is 35.5. The first kappa shape index (κ1) is 15.1. The Morgan fingerprint density at radius 1 is 1.10 bits per heavy atom. The molecule has 21 heavy (non-hydrogen) atoms. The van der Waals surface area contributed by atoms with Gasteiger partial charge in [-0.2, -0.15) is 5.10 Å². The van der Waals surface area contributed by atoms with Gasteiger partial charge in [0, 0.05) is 10.7 Å². The molecule has 2 rings (SSSR count). The van der Waals surface area contributed by atoms with Crippen LogP contribution < -0.4 is 10.7 Å². The second-order valence-electron chi connectivity index (χ2n) is 4.46. The van der Waals surface area contributed by atoms with Crippen molar-refractivity contribution < 1.29 is 4.79 Å². The van der Waals surface area contributed by atoms with Gasteiger partial charge in [0.05, 0.1) is 12.3 Å². The van der Waals surface area contributed by atoms with Gasteiger partial charge in [-0.15, -0.1) is 0 Å². The van der Waals surface area contributed by atoms with E-state index in [1.54, 1.807) is 12.1 Å². The molecule has 0 atom stereocenters. The SMILES string of the molecule is CC(=NNC(=O)CNc1ccccc1)c1ccc(Cl)cc1.